The second kappa shape index (κ2) is 5.39. The van der Waals surface area contributed by atoms with E-state index in [0.29, 0.717) is 0 Å². The smallest absolute Gasteiger partial charge is 0.0618 e. The highest BCUT2D eigenvalue weighted by Crippen LogP contribution is 2.24. The highest BCUT2D eigenvalue weighted by atomic mass is 14.9. The molecule has 0 unspecified atom stereocenters. The van der Waals surface area contributed by atoms with Crippen LogP contribution < -0.4 is 11.1 Å². The van der Waals surface area contributed by atoms with E-state index in [1.165, 1.54) is 5.56 Å². The predicted molar refractivity (Wildman–Crippen MR) is 74.6 cm³/mol. The lowest BCUT2D eigenvalue weighted by molar-refractivity contribution is 0.922. The van der Waals surface area contributed by atoms with Gasteiger partial charge in [0.2, 0.25) is 0 Å². The minimum absolute atomic E-state index is 0.805. The third-order valence-electron chi connectivity index (χ3n) is 2.71. The van der Waals surface area contributed by atoms with Crippen LogP contribution in [-0.4, -0.2) is 0 Å². The molecule has 0 radical (unpaired) electrons. The maximum atomic E-state index is 6.04. The van der Waals surface area contributed by atoms with Crippen LogP contribution in [0.4, 0.5) is 17.1 Å². The van der Waals surface area contributed by atoms with E-state index < -0.39 is 0 Å². The third kappa shape index (κ3) is 3.00. The van der Waals surface area contributed by atoms with Crippen molar-refractivity contribution in [2.24, 2.45) is 0 Å². The van der Waals surface area contributed by atoms with Gasteiger partial charge in [0.1, 0.15) is 0 Å². The lowest BCUT2D eigenvalue weighted by Gasteiger charge is -2.10. The lowest BCUT2D eigenvalue weighted by atomic mass is 10.1. The quantitative estimate of drug-likeness (QED) is 0.774. The van der Waals surface area contributed by atoms with E-state index in [1.807, 2.05) is 36.4 Å². The largest absolute Gasteiger partial charge is 0.397 e. The molecule has 0 saturated heterocycles. The zero-order valence-electron chi connectivity index (χ0n) is 10.1. The van der Waals surface area contributed by atoms with Crippen LogP contribution in [0.25, 0.3) is 0 Å². The average molecular weight is 226 g/mol. The van der Waals surface area contributed by atoms with Crippen LogP contribution in [0.5, 0.6) is 0 Å². The number of benzene rings is 2. The minimum atomic E-state index is 0.805. The van der Waals surface area contributed by atoms with Gasteiger partial charge in [0.05, 0.1) is 11.4 Å². The van der Waals surface area contributed by atoms with Gasteiger partial charge in [0.25, 0.3) is 0 Å². The van der Waals surface area contributed by atoms with Crippen molar-refractivity contribution in [3.8, 4) is 0 Å². The molecule has 0 atom stereocenters. The summed E-state index contributed by atoms with van der Waals surface area (Å²) in [4.78, 5) is 0. The van der Waals surface area contributed by atoms with E-state index in [-0.39, 0.29) is 0 Å². The van der Waals surface area contributed by atoms with Crippen molar-refractivity contribution >= 4 is 17.1 Å². The molecule has 0 aliphatic carbocycles. The minimum Gasteiger partial charge on any atom is -0.397 e. The molecule has 0 aliphatic rings. The number of hydrogen-bond donors (Lipinski definition) is 2. The summed E-state index contributed by atoms with van der Waals surface area (Å²) in [7, 11) is 0. The number of para-hydroxylation sites is 1. The van der Waals surface area contributed by atoms with Gasteiger partial charge in [-0.15, -0.1) is 0 Å². The summed E-state index contributed by atoms with van der Waals surface area (Å²) in [6.45, 7) is 2.17. The van der Waals surface area contributed by atoms with Gasteiger partial charge in [0.15, 0.2) is 0 Å². The van der Waals surface area contributed by atoms with Crippen molar-refractivity contribution in [3.05, 3.63) is 54.1 Å². The Balaban J connectivity index is 2.17. The number of aryl methyl sites for hydroxylation is 1. The summed E-state index contributed by atoms with van der Waals surface area (Å²) >= 11 is 0. The van der Waals surface area contributed by atoms with E-state index in [4.69, 9.17) is 5.73 Å². The molecule has 88 valence electrons. The summed E-state index contributed by atoms with van der Waals surface area (Å²) in [5.41, 5.74) is 10.2. The molecule has 17 heavy (non-hydrogen) atoms. The summed E-state index contributed by atoms with van der Waals surface area (Å²) in [5.74, 6) is 0. The Hall–Kier alpha value is -1.96. The van der Waals surface area contributed by atoms with Crippen molar-refractivity contribution in [1.82, 2.24) is 0 Å². The summed E-state index contributed by atoms with van der Waals surface area (Å²) in [6, 6.07) is 16.3. The van der Waals surface area contributed by atoms with Crippen molar-refractivity contribution in [2.75, 3.05) is 11.1 Å². The van der Waals surface area contributed by atoms with Crippen molar-refractivity contribution in [1.29, 1.82) is 0 Å². The maximum absolute atomic E-state index is 6.04. The van der Waals surface area contributed by atoms with Crippen LogP contribution in [0.2, 0.25) is 0 Å². The Kier molecular flexibility index (Phi) is 3.66. The van der Waals surface area contributed by atoms with E-state index in [2.05, 4.69) is 24.4 Å². The molecular formula is C15H18N2. The Morgan fingerprint density at radius 3 is 2.47 bits per heavy atom. The summed E-state index contributed by atoms with van der Waals surface area (Å²) in [6.07, 6.45) is 2.22. The van der Waals surface area contributed by atoms with Crippen molar-refractivity contribution in [3.63, 3.8) is 0 Å². The fourth-order valence-corrected chi connectivity index (χ4v) is 1.85. The van der Waals surface area contributed by atoms with E-state index in [9.17, 15) is 0 Å². The Morgan fingerprint density at radius 2 is 1.82 bits per heavy atom. The monoisotopic (exact) mass is 226 g/mol. The van der Waals surface area contributed by atoms with Crippen LogP contribution >= 0.6 is 0 Å². The fraction of sp³-hybridized carbons (Fsp3) is 0.200. The number of nitrogens with two attached hydrogens (primary N) is 1. The first-order chi connectivity index (χ1) is 8.29. The summed E-state index contributed by atoms with van der Waals surface area (Å²) < 4.78 is 0. The molecule has 2 aromatic carbocycles. The normalized spacial score (nSPS) is 10.2. The molecule has 2 nitrogen and oxygen atoms in total. The predicted octanol–water partition coefficient (Wildman–Crippen LogP) is 3.96. The molecule has 2 aromatic rings. The zero-order chi connectivity index (χ0) is 12.1. The molecule has 3 N–H and O–H groups in total. The third-order valence-corrected chi connectivity index (χ3v) is 2.71. The second-order valence-corrected chi connectivity index (χ2v) is 4.16. The first-order valence-electron chi connectivity index (χ1n) is 6.00. The number of nitrogen functional groups attached to an aromatic ring is 1. The lowest BCUT2D eigenvalue weighted by Crippen LogP contribution is -1.97. The van der Waals surface area contributed by atoms with Crippen molar-refractivity contribution in [2.45, 2.75) is 19.8 Å². The first kappa shape index (κ1) is 11.5. The molecule has 0 amide bonds. The van der Waals surface area contributed by atoms with Gasteiger partial charge in [-0.05, 0) is 36.2 Å². The van der Waals surface area contributed by atoms with Crippen LogP contribution in [0.3, 0.4) is 0 Å². The number of rotatable bonds is 4. The Labute approximate surface area is 102 Å². The maximum Gasteiger partial charge on any atom is 0.0618 e. The molecular weight excluding hydrogens is 208 g/mol. The first-order valence-corrected chi connectivity index (χ1v) is 6.00. The van der Waals surface area contributed by atoms with Crippen LogP contribution in [0.15, 0.2) is 48.5 Å². The highest BCUT2D eigenvalue weighted by Gasteiger charge is 2.00. The Bertz CT molecular complexity index is 478. The van der Waals surface area contributed by atoms with E-state index in [0.717, 1.165) is 29.9 Å². The second-order valence-electron chi connectivity index (χ2n) is 4.16. The van der Waals surface area contributed by atoms with Gasteiger partial charge in [-0.2, -0.15) is 0 Å². The summed E-state index contributed by atoms with van der Waals surface area (Å²) in [5, 5.41) is 3.32. The molecule has 0 fully saturated rings. The standard InChI is InChI=1S/C15H18N2/c1-2-6-12-9-10-15(14(16)11-12)17-13-7-4-3-5-8-13/h3-5,7-11,17H,2,6,16H2,1H3. The van der Waals surface area contributed by atoms with Gasteiger partial charge in [-0.25, -0.2) is 0 Å². The average Bonchev–Trinajstić information content (AvgIpc) is 2.34. The number of anilines is 3. The topological polar surface area (TPSA) is 38.0 Å². The van der Waals surface area contributed by atoms with Gasteiger partial charge >= 0.3 is 0 Å². The van der Waals surface area contributed by atoms with Gasteiger partial charge in [-0.1, -0.05) is 37.6 Å². The van der Waals surface area contributed by atoms with E-state index in [1.54, 1.807) is 0 Å². The molecule has 0 heterocycles. The Morgan fingerprint density at radius 1 is 1.06 bits per heavy atom. The fourth-order valence-electron chi connectivity index (χ4n) is 1.85. The molecule has 2 heteroatoms. The molecule has 0 aliphatic heterocycles. The molecule has 2 rings (SSSR count). The van der Waals surface area contributed by atoms with Crippen LogP contribution in [-0.2, 0) is 6.42 Å². The number of hydrogen-bond acceptors (Lipinski definition) is 2. The van der Waals surface area contributed by atoms with Gasteiger partial charge in [0, 0.05) is 5.69 Å². The molecule has 0 aromatic heterocycles. The highest BCUT2D eigenvalue weighted by molar-refractivity contribution is 5.73. The molecule has 0 spiro atoms. The van der Waals surface area contributed by atoms with Gasteiger partial charge < -0.3 is 11.1 Å². The van der Waals surface area contributed by atoms with Gasteiger partial charge in [-0.3, -0.25) is 0 Å². The van der Waals surface area contributed by atoms with Crippen LogP contribution in [0.1, 0.15) is 18.9 Å². The van der Waals surface area contributed by atoms with Crippen LogP contribution in [0, 0.1) is 0 Å². The number of nitrogens with one attached hydrogen (secondary N) is 1. The zero-order valence-corrected chi connectivity index (χ0v) is 10.1. The SMILES string of the molecule is CCCc1ccc(Nc2ccccc2)c(N)c1. The van der Waals surface area contributed by atoms with E-state index >= 15 is 0 Å². The van der Waals surface area contributed by atoms with Crippen molar-refractivity contribution < 1.29 is 0 Å². The molecule has 0 bridgehead atoms. The molecule has 0 saturated carbocycles.